The van der Waals surface area contributed by atoms with E-state index in [9.17, 15) is 9.59 Å². The summed E-state index contributed by atoms with van der Waals surface area (Å²) >= 11 is 1.35. The van der Waals surface area contributed by atoms with Crippen LogP contribution in [0.2, 0.25) is 0 Å². The van der Waals surface area contributed by atoms with Crippen molar-refractivity contribution in [2.75, 3.05) is 44.9 Å². The summed E-state index contributed by atoms with van der Waals surface area (Å²) in [5.41, 5.74) is 1.05. The van der Waals surface area contributed by atoms with Crippen molar-refractivity contribution < 1.29 is 19.1 Å². The van der Waals surface area contributed by atoms with Gasteiger partial charge < -0.3 is 19.7 Å². The average molecular weight is 366 g/mol. The molecule has 0 saturated carbocycles. The van der Waals surface area contributed by atoms with Gasteiger partial charge in [0.1, 0.15) is 5.75 Å². The molecule has 1 aromatic carbocycles. The van der Waals surface area contributed by atoms with Gasteiger partial charge in [-0.2, -0.15) is 0 Å². The smallest absolute Gasteiger partial charge is 0.232 e. The number of nitrogens with one attached hydrogen (secondary N) is 1. The Morgan fingerprint density at radius 1 is 1.24 bits per heavy atom. The lowest BCUT2D eigenvalue weighted by Gasteiger charge is -2.26. The zero-order valence-electron chi connectivity index (χ0n) is 14.8. The number of nitrogens with zero attached hydrogens (tertiary/aromatic N) is 1. The van der Waals surface area contributed by atoms with E-state index >= 15 is 0 Å². The topological polar surface area (TPSA) is 67.9 Å². The number of rotatable bonds is 8. The quantitative estimate of drug-likeness (QED) is 0.761. The summed E-state index contributed by atoms with van der Waals surface area (Å²) in [6.07, 6.45) is 0.801. The predicted octanol–water partition coefficient (Wildman–Crippen LogP) is 1.85. The van der Waals surface area contributed by atoms with E-state index in [-0.39, 0.29) is 23.6 Å². The molecule has 2 rings (SSSR count). The third-order valence-electron chi connectivity index (χ3n) is 4.08. The van der Waals surface area contributed by atoms with Gasteiger partial charge in [-0.1, -0.05) is 19.1 Å². The highest BCUT2D eigenvalue weighted by molar-refractivity contribution is 8.00. The van der Waals surface area contributed by atoms with Gasteiger partial charge in [-0.15, -0.1) is 11.8 Å². The van der Waals surface area contributed by atoms with Crippen LogP contribution in [0.1, 0.15) is 24.9 Å². The van der Waals surface area contributed by atoms with Crippen molar-refractivity contribution in [1.82, 2.24) is 10.2 Å². The summed E-state index contributed by atoms with van der Waals surface area (Å²) in [6, 6.07) is 7.67. The van der Waals surface area contributed by atoms with E-state index in [2.05, 4.69) is 5.32 Å². The van der Waals surface area contributed by atoms with Crippen LogP contribution >= 0.6 is 11.8 Å². The zero-order valence-corrected chi connectivity index (χ0v) is 15.6. The Hall–Kier alpha value is -1.73. The summed E-state index contributed by atoms with van der Waals surface area (Å²) in [5, 5.41) is 3.03. The average Bonchev–Trinajstić information content (AvgIpc) is 2.66. The number of amides is 2. The van der Waals surface area contributed by atoms with Gasteiger partial charge in [-0.05, 0) is 24.1 Å². The molecule has 0 aliphatic carbocycles. The zero-order chi connectivity index (χ0) is 18.1. The molecule has 138 valence electrons. The highest BCUT2D eigenvalue weighted by Crippen LogP contribution is 2.20. The van der Waals surface area contributed by atoms with Crippen LogP contribution in [0.15, 0.2) is 24.3 Å². The molecule has 1 heterocycles. The Bertz CT molecular complexity index is 559. The van der Waals surface area contributed by atoms with E-state index in [0.29, 0.717) is 32.1 Å². The van der Waals surface area contributed by atoms with Crippen LogP contribution in [0.3, 0.4) is 0 Å². The number of carbonyl (C=O) groups excluding carboxylic acids is 2. The number of hydrogen-bond acceptors (Lipinski definition) is 5. The van der Waals surface area contributed by atoms with Crippen molar-refractivity contribution in [3.05, 3.63) is 29.8 Å². The van der Waals surface area contributed by atoms with Crippen LogP contribution in [0, 0.1) is 0 Å². The molecule has 1 aliphatic rings. The maximum Gasteiger partial charge on any atom is 0.232 e. The van der Waals surface area contributed by atoms with Crippen molar-refractivity contribution in [2.24, 2.45) is 0 Å². The summed E-state index contributed by atoms with van der Waals surface area (Å²) in [4.78, 5) is 26.0. The number of carbonyl (C=O) groups is 2. The van der Waals surface area contributed by atoms with Crippen molar-refractivity contribution >= 4 is 23.6 Å². The summed E-state index contributed by atoms with van der Waals surface area (Å²) < 4.78 is 10.4. The minimum Gasteiger partial charge on any atom is -0.497 e. The van der Waals surface area contributed by atoms with Gasteiger partial charge in [0.05, 0.1) is 37.9 Å². The first-order chi connectivity index (χ1) is 12.1. The van der Waals surface area contributed by atoms with Crippen LogP contribution in [-0.4, -0.2) is 61.6 Å². The molecule has 1 saturated heterocycles. The van der Waals surface area contributed by atoms with Crippen molar-refractivity contribution in [3.8, 4) is 5.75 Å². The highest BCUT2D eigenvalue weighted by Gasteiger charge is 2.18. The number of morpholine rings is 1. The van der Waals surface area contributed by atoms with Crippen molar-refractivity contribution in [2.45, 2.75) is 19.4 Å². The standard InChI is InChI=1S/C18H26N2O4S/c1-3-16(14-4-6-15(23-2)7-5-14)19-17(21)12-25-13-18(22)20-8-10-24-11-9-20/h4-7,16H,3,8-13H2,1-2H3,(H,19,21). The predicted molar refractivity (Wildman–Crippen MR) is 98.9 cm³/mol. The monoisotopic (exact) mass is 366 g/mol. The van der Waals surface area contributed by atoms with Crippen molar-refractivity contribution in [1.29, 1.82) is 0 Å². The Morgan fingerprint density at radius 2 is 1.92 bits per heavy atom. The SMILES string of the molecule is CCC(NC(=O)CSCC(=O)N1CCOCC1)c1ccc(OC)cc1. The number of benzene rings is 1. The second kappa shape index (κ2) is 10.3. The Morgan fingerprint density at radius 3 is 2.52 bits per heavy atom. The maximum atomic E-state index is 12.2. The molecule has 1 aliphatic heterocycles. The van der Waals surface area contributed by atoms with Gasteiger partial charge in [0.2, 0.25) is 11.8 Å². The largest absolute Gasteiger partial charge is 0.497 e. The van der Waals surface area contributed by atoms with Gasteiger partial charge in [-0.3, -0.25) is 9.59 Å². The normalized spacial score (nSPS) is 15.5. The Labute approximate surface area is 153 Å². The van der Waals surface area contributed by atoms with Gasteiger partial charge in [0.15, 0.2) is 0 Å². The molecule has 6 nitrogen and oxygen atoms in total. The molecular formula is C18H26N2O4S. The van der Waals surface area contributed by atoms with Crippen LogP contribution in [0.5, 0.6) is 5.75 Å². The molecule has 0 aromatic heterocycles. The summed E-state index contributed by atoms with van der Waals surface area (Å²) in [5.74, 6) is 1.42. The van der Waals surface area contributed by atoms with E-state index in [1.807, 2.05) is 31.2 Å². The fraction of sp³-hybridized carbons (Fsp3) is 0.556. The molecule has 25 heavy (non-hydrogen) atoms. The van der Waals surface area contributed by atoms with E-state index in [4.69, 9.17) is 9.47 Å². The first-order valence-electron chi connectivity index (χ1n) is 8.50. The molecule has 0 spiro atoms. The van der Waals surface area contributed by atoms with Gasteiger partial charge in [0, 0.05) is 13.1 Å². The fourth-order valence-corrected chi connectivity index (χ4v) is 3.36. The van der Waals surface area contributed by atoms with E-state index in [0.717, 1.165) is 17.7 Å². The van der Waals surface area contributed by atoms with E-state index < -0.39 is 0 Å². The molecule has 1 N–H and O–H groups in total. The van der Waals surface area contributed by atoms with E-state index in [1.165, 1.54) is 11.8 Å². The third-order valence-corrected chi connectivity index (χ3v) is 5.00. The molecular weight excluding hydrogens is 340 g/mol. The van der Waals surface area contributed by atoms with E-state index in [1.54, 1.807) is 12.0 Å². The van der Waals surface area contributed by atoms with Gasteiger partial charge >= 0.3 is 0 Å². The molecule has 1 fully saturated rings. The number of thioether (sulfide) groups is 1. The molecule has 1 atom stereocenters. The molecule has 1 aromatic rings. The summed E-state index contributed by atoms with van der Waals surface area (Å²) in [6.45, 7) is 4.50. The molecule has 0 radical (unpaired) electrons. The minimum atomic E-state index is -0.0533. The maximum absolute atomic E-state index is 12.2. The lowest BCUT2D eigenvalue weighted by atomic mass is 10.0. The Kier molecular flexibility index (Phi) is 8.08. The van der Waals surface area contributed by atoms with Gasteiger partial charge in [-0.25, -0.2) is 0 Å². The second-order valence-electron chi connectivity index (χ2n) is 5.79. The minimum absolute atomic E-state index is 0.0334. The van der Waals surface area contributed by atoms with Crippen LogP contribution in [0.4, 0.5) is 0 Å². The van der Waals surface area contributed by atoms with Gasteiger partial charge in [0.25, 0.3) is 0 Å². The molecule has 1 unspecified atom stereocenters. The first kappa shape index (κ1) is 19.6. The van der Waals surface area contributed by atoms with Crippen LogP contribution in [0.25, 0.3) is 0 Å². The molecule has 7 heteroatoms. The lowest BCUT2D eigenvalue weighted by molar-refractivity contribution is -0.132. The molecule has 2 amide bonds. The highest BCUT2D eigenvalue weighted by atomic mass is 32.2. The van der Waals surface area contributed by atoms with Crippen LogP contribution in [-0.2, 0) is 14.3 Å². The number of hydrogen-bond donors (Lipinski definition) is 1. The van der Waals surface area contributed by atoms with Crippen LogP contribution < -0.4 is 10.1 Å². The van der Waals surface area contributed by atoms with Crippen molar-refractivity contribution in [3.63, 3.8) is 0 Å². The number of methoxy groups -OCH3 is 1. The lowest BCUT2D eigenvalue weighted by Crippen LogP contribution is -2.41. The fourth-order valence-electron chi connectivity index (χ4n) is 2.63. The summed E-state index contributed by atoms with van der Waals surface area (Å²) in [7, 11) is 1.63. The molecule has 0 bridgehead atoms. The third kappa shape index (κ3) is 6.25. The first-order valence-corrected chi connectivity index (χ1v) is 9.66. The second-order valence-corrected chi connectivity index (χ2v) is 6.77. The Balaban J connectivity index is 1.74. The number of ether oxygens (including phenoxy) is 2.